The lowest BCUT2D eigenvalue weighted by molar-refractivity contribution is -0.154. The molecule has 0 saturated heterocycles. The van der Waals surface area contributed by atoms with E-state index in [-0.39, 0.29) is 19.1 Å². The van der Waals surface area contributed by atoms with Crippen LogP contribution in [0.3, 0.4) is 0 Å². The van der Waals surface area contributed by atoms with E-state index in [0.717, 1.165) is 5.56 Å². The van der Waals surface area contributed by atoms with E-state index in [4.69, 9.17) is 14.6 Å². The molecule has 0 radical (unpaired) electrons. The van der Waals surface area contributed by atoms with Crippen LogP contribution in [0.2, 0.25) is 0 Å². The molecule has 6 heteroatoms. The Labute approximate surface area is 124 Å². The van der Waals surface area contributed by atoms with E-state index >= 15 is 0 Å². The van der Waals surface area contributed by atoms with Gasteiger partial charge in [0.25, 0.3) is 0 Å². The number of methoxy groups -OCH3 is 1. The van der Waals surface area contributed by atoms with Gasteiger partial charge in [-0.1, -0.05) is 30.3 Å². The molecule has 21 heavy (non-hydrogen) atoms. The number of hydrogen-bond donors (Lipinski definition) is 2. The fraction of sp³-hybridized carbons (Fsp3) is 0.467. The number of carboxylic acid groups (broad SMARTS) is 1. The third kappa shape index (κ3) is 6.37. The molecule has 0 bridgehead atoms. The highest BCUT2D eigenvalue weighted by Crippen LogP contribution is 2.08. The van der Waals surface area contributed by atoms with Crippen molar-refractivity contribution in [2.75, 3.05) is 20.8 Å². The molecule has 0 aliphatic rings. The number of hydrogen-bond acceptors (Lipinski definition) is 5. The first kappa shape index (κ1) is 17.1. The predicted molar refractivity (Wildman–Crippen MR) is 77.0 cm³/mol. The molecule has 0 spiro atoms. The van der Waals surface area contributed by atoms with E-state index in [9.17, 15) is 9.59 Å². The Morgan fingerprint density at radius 1 is 1.29 bits per heavy atom. The van der Waals surface area contributed by atoms with Gasteiger partial charge in [-0.15, -0.1) is 0 Å². The molecule has 0 heterocycles. The van der Waals surface area contributed by atoms with E-state index in [1.54, 1.807) is 7.05 Å². The van der Waals surface area contributed by atoms with Crippen molar-refractivity contribution in [3.05, 3.63) is 35.9 Å². The monoisotopic (exact) mass is 295 g/mol. The van der Waals surface area contributed by atoms with Crippen molar-refractivity contribution < 1.29 is 24.2 Å². The van der Waals surface area contributed by atoms with Gasteiger partial charge in [0.2, 0.25) is 0 Å². The van der Waals surface area contributed by atoms with E-state index < -0.39 is 18.0 Å². The number of carbonyl (C=O) groups excluding carboxylic acids is 1. The number of nitrogens with one attached hydrogen (secondary N) is 1. The smallest absolute Gasteiger partial charge is 0.335 e. The minimum Gasteiger partial charge on any atom is -0.481 e. The van der Waals surface area contributed by atoms with Crippen LogP contribution in [0.1, 0.15) is 12.0 Å². The van der Waals surface area contributed by atoms with Gasteiger partial charge in [-0.25, -0.2) is 4.79 Å². The maximum atomic E-state index is 11.8. The van der Waals surface area contributed by atoms with Gasteiger partial charge in [0, 0.05) is 12.5 Å². The second-order valence-corrected chi connectivity index (χ2v) is 4.62. The Bertz CT molecular complexity index is 449. The van der Waals surface area contributed by atoms with Crippen LogP contribution in [0.5, 0.6) is 0 Å². The van der Waals surface area contributed by atoms with Crippen LogP contribution in [0, 0.1) is 0 Å². The number of benzene rings is 1. The summed E-state index contributed by atoms with van der Waals surface area (Å²) < 4.78 is 10.3. The highest BCUT2D eigenvalue weighted by molar-refractivity contribution is 5.75. The fourth-order valence-corrected chi connectivity index (χ4v) is 1.86. The average Bonchev–Trinajstić information content (AvgIpc) is 2.49. The summed E-state index contributed by atoms with van der Waals surface area (Å²) in [5.41, 5.74) is 0.951. The molecule has 6 nitrogen and oxygen atoms in total. The number of carboxylic acids is 1. The summed E-state index contributed by atoms with van der Waals surface area (Å²) in [6.45, 7) is 0.120. The zero-order valence-corrected chi connectivity index (χ0v) is 12.2. The largest absolute Gasteiger partial charge is 0.481 e. The minimum absolute atomic E-state index is 0.0737. The number of aliphatic carboxylic acids is 1. The van der Waals surface area contributed by atoms with Crippen LogP contribution in [0.15, 0.2) is 30.3 Å². The second-order valence-electron chi connectivity index (χ2n) is 4.62. The lowest BCUT2D eigenvalue weighted by atomic mass is 10.1. The first-order chi connectivity index (χ1) is 10.1. The first-order valence-corrected chi connectivity index (χ1v) is 6.69. The topological polar surface area (TPSA) is 84.9 Å². The molecule has 0 fully saturated rings. The molecular weight excluding hydrogens is 274 g/mol. The van der Waals surface area contributed by atoms with Gasteiger partial charge in [-0.3, -0.25) is 4.79 Å². The average molecular weight is 295 g/mol. The Balaban J connectivity index is 2.61. The highest BCUT2D eigenvalue weighted by atomic mass is 16.6. The Hall–Kier alpha value is -1.92. The van der Waals surface area contributed by atoms with Crippen molar-refractivity contribution in [2.24, 2.45) is 0 Å². The SMILES string of the molecule is CNC(COC(Cc1ccccc1)C(=O)OC)CC(=O)O. The fourth-order valence-electron chi connectivity index (χ4n) is 1.86. The molecule has 2 atom stereocenters. The summed E-state index contributed by atoms with van der Waals surface area (Å²) in [6.07, 6.45) is -0.436. The van der Waals surface area contributed by atoms with Crippen molar-refractivity contribution in [2.45, 2.75) is 25.0 Å². The molecular formula is C15H21NO5. The molecule has 0 saturated carbocycles. The summed E-state index contributed by atoms with van der Waals surface area (Å²) in [6, 6.07) is 9.08. The first-order valence-electron chi connectivity index (χ1n) is 6.69. The summed E-state index contributed by atoms with van der Waals surface area (Å²) in [4.78, 5) is 22.5. The zero-order valence-electron chi connectivity index (χ0n) is 12.2. The Morgan fingerprint density at radius 3 is 2.48 bits per heavy atom. The molecule has 0 aromatic heterocycles. The second kappa shape index (κ2) is 9.10. The maximum Gasteiger partial charge on any atom is 0.335 e. The molecule has 1 aromatic carbocycles. The van der Waals surface area contributed by atoms with Gasteiger partial charge in [0.1, 0.15) is 0 Å². The van der Waals surface area contributed by atoms with Crippen molar-refractivity contribution >= 4 is 11.9 Å². The van der Waals surface area contributed by atoms with E-state index in [1.165, 1.54) is 7.11 Å². The van der Waals surface area contributed by atoms with E-state index in [0.29, 0.717) is 6.42 Å². The van der Waals surface area contributed by atoms with Gasteiger partial charge in [-0.05, 0) is 12.6 Å². The molecule has 0 aliphatic carbocycles. The summed E-state index contributed by atoms with van der Waals surface area (Å²) in [5.74, 6) is -1.39. The lowest BCUT2D eigenvalue weighted by Gasteiger charge is -2.20. The number of likely N-dealkylation sites (N-methyl/N-ethyl adjacent to an activating group) is 1. The third-order valence-corrected chi connectivity index (χ3v) is 3.06. The van der Waals surface area contributed by atoms with Crippen molar-refractivity contribution in [1.29, 1.82) is 0 Å². The van der Waals surface area contributed by atoms with Crippen LogP contribution in [0.25, 0.3) is 0 Å². The Morgan fingerprint density at radius 2 is 1.95 bits per heavy atom. The Kier molecular flexibility index (Phi) is 7.42. The van der Waals surface area contributed by atoms with Gasteiger partial charge in [0.15, 0.2) is 6.10 Å². The summed E-state index contributed by atoms with van der Waals surface area (Å²) in [5, 5.41) is 11.6. The lowest BCUT2D eigenvalue weighted by Crippen LogP contribution is -2.37. The molecule has 2 unspecified atom stereocenters. The van der Waals surface area contributed by atoms with Crippen molar-refractivity contribution in [3.8, 4) is 0 Å². The third-order valence-electron chi connectivity index (χ3n) is 3.06. The van der Waals surface area contributed by atoms with Gasteiger partial charge < -0.3 is 19.9 Å². The van der Waals surface area contributed by atoms with Crippen molar-refractivity contribution in [1.82, 2.24) is 5.32 Å². The van der Waals surface area contributed by atoms with Gasteiger partial charge in [0.05, 0.1) is 20.1 Å². The number of rotatable bonds is 9. The molecule has 0 amide bonds. The van der Waals surface area contributed by atoms with Crippen LogP contribution >= 0.6 is 0 Å². The molecule has 116 valence electrons. The number of esters is 1. The number of ether oxygens (including phenoxy) is 2. The van der Waals surface area contributed by atoms with Crippen LogP contribution in [0.4, 0.5) is 0 Å². The standard InChI is InChI=1S/C15H21NO5/c1-16-12(9-14(17)18)10-21-13(15(19)20-2)8-11-6-4-3-5-7-11/h3-7,12-13,16H,8-10H2,1-2H3,(H,17,18). The number of carbonyl (C=O) groups is 2. The maximum absolute atomic E-state index is 11.8. The molecule has 2 N–H and O–H groups in total. The van der Waals surface area contributed by atoms with Gasteiger partial charge in [-0.2, -0.15) is 0 Å². The quantitative estimate of drug-likeness (QED) is 0.657. The van der Waals surface area contributed by atoms with E-state index in [1.807, 2.05) is 30.3 Å². The molecule has 1 aromatic rings. The van der Waals surface area contributed by atoms with Crippen molar-refractivity contribution in [3.63, 3.8) is 0 Å². The van der Waals surface area contributed by atoms with Crippen LogP contribution < -0.4 is 5.32 Å². The van der Waals surface area contributed by atoms with E-state index in [2.05, 4.69) is 5.32 Å². The summed E-state index contributed by atoms with van der Waals surface area (Å²) in [7, 11) is 2.96. The highest BCUT2D eigenvalue weighted by Gasteiger charge is 2.22. The normalized spacial score (nSPS) is 13.4. The minimum atomic E-state index is -0.921. The van der Waals surface area contributed by atoms with Gasteiger partial charge >= 0.3 is 11.9 Å². The summed E-state index contributed by atoms with van der Waals surface area (Å²) >= 11 is 0. The van der Waals surface area contributed by atoms with Crippen LogP contribution in [-0.4, -0.2) is 50.0 Å². The molecule has 0 aliphatic heterocycles. The zero-order chi connectivity index (χ0) is 15.7. The molecule has 1 rings (SSSR count). The van der Waals surface area contributed by atoms with Crippen LogP contribution in [-0.2, 0) is 25.5 Å². The predicted octanol–water partition coefficient (Wildman–Crippen LogP) is 0.850.